The summed E-state index contributed by atoms with van der Waals surface area (Å²) in [6.07, 6.45) is 14.1. The monoisotopic (exact) mass is 441 g/mol. The first kappa shape index (κ1) is 25.9. The lowest BCUT2D eigenvalue weighted by atomic mass is 9.86. The van der Waals surface area contributed by atoms with Crippen LogP contribution in [0.15, 0.2) is 91.7 Å². The summed E-state index contributed by atoms with van der Waals surface area (Å²) in [6.45, 7) is 21.0. The molecule has 0 unspecified atom stereocenters. The van der Waals surface area contributed by atoms with Gasteiger partial charge in [-0.15, -0.1) is 0 Å². The van der Waals surface area contributed by atoms with E-state index in [1.54, 1.807) is 4.68 Å². The summed E-state index contributed by atoms with van der Waals surface area (Å²) < 4.78 is 1.79. The topological polar surface area (TPSA) is 43.8 Å². The van der Waals surface area contributed by atoms with Gasteiger partial charge in [-0.1, -0.05) is 101 Å². The number of aromatic nitrogens is 2. The van der Waals surface area contributed by atoms with Crippen LogP contribution in [0.2, 0.25) is 0 Å². The van der Waals surface area contributed by atoms with E-state index < -0.39 is 0 Å². The van der Waals surface area contributed by atoms with Gasteiger partial charge in [0.1, 0.15) is 5.82 Å². The van der Waals surface area contributed by atoms with E-state index in [0.29, 0.717) is 11.7 Å². The van der Waals surface area contributed by atoms with Gasteiger partial charge >= 0.3 is 0 Å². The van der Waals surface area contributed by atoms with E-state index >= 15 is 0 Å². The number of nitrogens with zero attached hydrogens (tertiary/aromatic N) is 2. The molecule has 0 saturated carbocycles. The third kappa shape index (κ3) is 6.35. The van der Waals surface area contributed by atoms with Gasteiger partial charge in [-0.25, -0.2) is 4.68 Å². The van der Waals surface area contributed by atoms with Crippen molar-refractivity contribution >= 4 is 17.0 Å². The van der Waals surface area contributed by atoms with Crippen molar-refractivity contribution in [1.82, 2.24) is 9.78 Å². The zero-order chi connectivity index (χ0) is 24.4. The molecule has 0 aliphatic carbocycles. The van der Waals surface area contributed by atoms with E-state index in [4.69, 9.17) is 5.73 Å². The van der Waals surface area contributed by atoms with Crippen LogP contribution in [0.5, 0.6) is 0 Å². The molecule has 2 rings (SSSR count). The maximum Gasteiger partial charge on any atom is 0.132 e. The highest BCUT2D eigenvalue weighted by Crippen LogP contribution is 2.30. The zero-order valence-corrected chi connectivity index (χ0v) is 20.8. The van der Waals surface area contributed by atoms with Crippen LogP contribution in [0.3, 0.4) is 0 Å². The summed E-state index contributed by atoms with van der Waals surface area (Å²) in [7, 11) is 0. The van der Waals surface area contributed by atoms with E-state index in [1.807, 2.05) is 43.5 Å². The number of benzene rings is 1. The van der Waals surface area contributed by atoms with Gasteiger partial charge in [0.15, 0.2) is 0 Å². The Bertz CT molecular complexity index is 1060. The molecule has 0 aliphatic rings. The highest BCUT2D eigenvalue weighted by Gasteiger charge is 2.18. The molecule has 0 amide bonds. The van der Waals surface area contributed by atoms with Crippen molar-refractivity contribution in [2.24, 2.45) is 11.7 Å². The molecule has 1 aromatic carbocycles. The molecule has 3 heteroatoms. The molecule has 0 radical (unpaired) electrons. The molecule has 0 atom stereocenters. The SMILES string of the molecule is C=C/C(C(=C)C(CCC)CCC)=C(\N)n1ncc(/C(C=C)=C/C=C(\C)c2ccccc2)c1C. The van der Waals surface area contributed by atoms with E-state index in [-0.39, 0.29) is 0 Å². The van der Waals surface area contributed by atoms with Crippen LogP contribution in [-0.2, 0) is 0 Å². The second-order valence-electron chi connectivity index (χ2n) is 8.40. The summed E-state index contributed by atoms with van der Waals surface area (Å²) in [6, 6.07) is 10.3. The summed E-state index contributed by atoms with van der Waals surface area (Å²) in [5.41, 5.74) is 13.9. The van der Waals surface area contributed by atoms with Gasteiger partial charge in [-0.3, -0.25) is 0 Å². The Hall–Kier alpha value is -3.33. The Kier molecular flexibility index (Phi) is 9.93. The van der Waals surface area contributed by atoms with Gasteiger partial charge in [0.05, 0.1) is 11.9 Å². The van der Waals surface area contributed by atoms with Gasteiger partial charge < -0.3 is 5.73 Å². The summed E-state index contributed by atoms with van der Waals surface area (Å²) in [4.78, 5) is 0. The van der Waals surface area contributed by atoms with Crippen LogP contribution in [0, 0.1) is 12.8 Å². The van der Waals surface area contributed by atoms with Crippen LogP contribution < -0.4 is 5.73 Å². The standard InChI is InChI=1S/C30H39N3/c1-8-15-27(16-9-2)23(6)28(11-4)30(31)33-24(7)29(21-32-33)25(10-3)20-19-22(5)26-17-13-12-14-18-26/h10-14,17-21,27H,3-4,6,8-9,15-16,31H2,1-2,5,7H3/b22-19+,25-20+,30-28-. The minimum atomic E-state index is 0.400. The number of allylic oxidation sites excluding steroid dienone is 8. The third-order valence-electron chi connectivity index (χ3n) is 6.10. The average Bonchev–Trinajstić information content (AvgIpc) is 3.21. The molecule has 3 nitrogen and oxygen atoms in total. The van der Waals surface area contributed by atoms with Crippen molar-refractivity contribution in [2.75, 3.05) is 0 Å². The predicted molar refractivity (Wildman–Crippen MR) is 145 cm³/mol. The van der Waals surface area contributed by atoms with Gasteiger partial charge in [0.25, 0.3) is 0 Å². The van der Waals surface area contributed by atoms with Gasteiger partial charge in [-0.05, 0) is 54.9 Å². The number of hydrogen-bond donors (Lipinski definition) is 1. The van der Waals surface area contributed by atoms with Crippen molar-refractivity contribution in [2.45, 2.75) is 53.4 Å². The van der Waals surface area contributed by atoms with Crippen LogP contribution in [0.4, 0.5) is 0 Å². The molecule has 2 aromatic rings. The van der Waals surface area contributed by atoms with Crippen molar-refractivity contribution < 1.29 is 0 Å². The lowest BCUT2D eigenvalue weighted by Crippen LogP contribution is -2.15. The van der Waals surface area contributed by atoms with Gasteiger partial charge in [-0.2, -0.15) is 5.10 Å². The van der Waals surface area contributed by atoms with Crippen molar-refractivity contribution in [3.05, 3.63) is 109 Å². The van der Waals surface area contributed by atoms with Crippen molar-refractivity contribution in [1.29, 1.82) is 0 Å². The van der Waals surface area contributed by atoms with Gasteiger partial charge in [0, 0.05) is 11.1 Å². The molecule has 0 fully saturated rings. The lowest BCUT2D eigenvalue weighted by molar-refractivity contribution is 0.510. The zero-order valence-electron chi connectivity index (χ0n) is 20.8. The molecular formula is C30H39N3. The van der Waals surface area contributed by atoms with Crippen LogP contribution >= 0.6 is 0 Å². The first-order valence-electron chi connectivity index (χ1n) is 11.8. The largest absolute Gasteiger partial charge is 0.383 e. The Morgan fingerprint density at radius 2 is 1.70 bits per heavy atom. The van der Waals surface area contributed by atoms with Crippen molar-refractivity contribution in [3.63, 3.8) is 0 Å². The molecule has 0 spiro atoms. The normalized spacial score (nSPS) is 13.1. The fourth-order valence-electron chi connectivity index (χ4n) is 4.14. The van der Waals surface area contributed by atoms with Gasteiger partial charge in [0.2, 0.25) is 0 Å². The Balaban J connectivity index is 2.44. The average molecular weight is 442 g/mol. The summed E-state index contributed by atoms with van der Waals surface area (Å²) in [5, 5.41) is 4.61. The van der Waals surface area contributed by atoms with E-state index in [9.17, 15) is 0 Å². The Labute approximate surface area is 200 Å². The maximum atomic E-state index is 6.63. The van der Waals surface area contributed by atoms with E-state index in [1.165, 1.54) is 11.1 Å². The molecule has 1 heterocycles. The quantitative estimate of drug-likeness (QED) is 0.340. The number of hydrogen-bond acceptors (Lipinski definition) is 2. The van der Waals surface area contributed by atoms with Crippen LogP contribution in [0.25, 0.3) is 17.0 Å². The fourth-order valence-corrected chi connectivity index (χ4v) is 4.14. The lowest BCUT2D eigenvalue weighted by Gasteiger charge is -2.21. The Morgan fingerprint density at radius 3 is 2.24 bits per heavy atom. The number of rotatable bonds is 12. The molecule has 2 N–H and O–H groups in total. The number of nitrogens with two attached hydrogens (primary N) is 1. The predicted octanol–water partition coefficient (Wildman–Crippen LogP) is 7.95. The highest BCUT2D eigenvalue weighted by atomic mass is 15.3. The molecule has 0 bridgehead atoms. The second-order valence-corrected chi connectivity index (χ2v) is 8.40. The second kappa shape index (κ2) is 12.6. The minimum absolute atomic E-state index is 0.400. The first-order chi connectivity index (χ1) is 15.9. The summed E-state index contributed by atoms with van der Waals surface area (Å²) >= 11 is 0. The van der Waals surface area contributed by atoms with Crippen LogP contribution in [-0.4, -0.2) is 9.78 Å². The summed E-state index contributed by atoms with van der Waals surface area (Å²) in [5.74, 6) is 0.965. The molecule has 0 aliphatic heterocycles. The van der Waals surface area contributed by atoms with E-state index in [2.05, 4.69) is 69.9 Å². The van der Waals surface area contributed by atoms with Crippen molar-refractivity contribution in [3.8, 4) is 0 Å². The molecule has 1 aromatic heterocycles. The van der Waals surface area contributed by atoms with Crippen LogP contribution in [0.1, 0.15) is 63.3 Å². The first-order valence-corrected chi connectivity index (χ1v) is 11.8. The van der Waals surface area contributed by atoms with E-state index in [0.717, 1.165) is 53.7 Å². The molecular weight excluding hydrogens is 402 g/mol. The minimum Gasteiger partial charge on any atom is -0.383 e. The molecule has 0 saturated heterocycles. The Morgan fingerprint density at radius 1 is 1.06 bits per heavy atom. The molecule has 33 heavy (non-hydrogen) atoms. The maximum absolute atomic E-state index is 6.63. The third-order valence-corrected chi connectivity index (χ3v) is 6.10. The fraction of sp³-hybridized carbons (Fsp3) is 0.300. The molecule has 174 valence electrons. The highest BCUT2D eigenvalue weighted by molar-refractivity contribution is 5.79. The smallest absolute Gasteiger partial charge is 0.132 e.